The van der Waals surface area contributed by atoms with Crippen LogP contribution >= 0.6 is 15.9 Å². The second kappa shape index (κ2) is 6.83. The van der Waals surface area contributed by atoms with E-state index in [1.165, 1.54) is 10.8 Å². The maximum absolute atomic E-state index is 13.3. The third-order valence-electron chi connectivity index (χ3n) is 4.74. The molecule has 0 spiro atoms. The summed E-state index contributed by atoms with van der Waals surface area (Å²) in [5.74, 6) is 0.576. The topological polar surface area (TPSA) is 80.7 Å². The zero-order chi connectivity index (χ0) is 20.0. The number of furan rings is 1. The molecule has 1 aliphatic heterocycles. The highest BCUT2D eigenvalue weighted by molar-refractivity contribution is 9.09. The fraction of sp³-hybridized carbons (Fsp3) is 0.211. The molecule has 1 aliphatic rings. The number of hydrogen-bond acceptors (Lipinski definition) is 6. The van der Waals surface area contributed by atoms with Gasteiger partial charge in [0, 0.05) is 25.7 Å². The van der Waals surface area contributed by atoms with E-state index in [1.54, 1.807) is 66.4 Å². The summed E-state index contributed by atoms with van der Waals surface area (Å²) in [6.07, 6.45) is 1.51. The number of fused-ring (bicyclic) bond motifs is 1. The Labute approximate surface area is 168 Å². The normalized spacial score (nSPS) is 15.8. The van der Waals surface area contributed by atoms with Gasteiger partial charge in [-0.2, -0.15) is 0 Å². The average molecular weight is 445 g/mol. The lowest BCUT2D eigenvalue weighted by Gasteiger charge is -2.22. The number of ketones is 1. The quantitative estimate of drug-likeness (QED) is 0.348. The van der Waals surface area contributed by atoms with Crippen molar-refractivity contribution in [3.63, 3.8) is 0 Å². The Hall–Kier alpha value is -3.07. The number of aromatic nitrogens is 2. The van der Waals surface area contributed by atoms with Gasteiger partial charge < -0.3 is 9.32 Å². The maximum atomic E-state index is 13.3. The molecule has 3 aromatic rings. The molecule has 4 rings (SSSR count). The third kappa shape index (κ3) is 2.70. The molecule has 0 aliphatic carbocycles. The van der Waals surface area contributed by atoms with E-state index < -0.39 is 16.3 Å². The highest BCUT2D eigenvalue weighted by atomic mass is 79.9. The van der Waals surface area contributed by atoms with Gasteiger partial charge in [0.2, 0.25) is 5.88 Å². The maximum Gasteiger partial charge on any atom is 0.332 e. The van der Waals surface area contributed by atoms with Gasteiger partial charge in [0.15, 0.2) is 16.5 Å². The minimum absolute atomic E-state index is 0.266. The van der Waals surface area contributed by atoms with Crippen molar-refractivity contribution in [3.05, 3.63) is 75.1 Å². The van der Waals surface area contributed by atoms with E-state index in [1.807, 2.05) is 0 Å². The summed E-state index contributed by atoms with van der Waals surface area (Å²) in [5.41, 5.74) is -0.397. The molecule has 0 fully saturated rings. The summed E-state index contributed by atoms with van der Waals surface area (Å²) in [4.78, 5) is 42.1. The van der Waals surface area contributed by atoms with Crippen molar-refractivity contribution >= 4 is 39.1 Å². The molecule has 3 heterocycles. The second-order valence-electron chi connectivity index (χ2n) is 6.44. The number of hydrogen-bond donors (Lipinski definition) is 0. The summed E-state index contributed by atoms with van der Waals surface area (Å²) >= 11 is 3.54. The number of carbonyl (C=O) groups excluding carboxylic acids is 1. The molecule has 1 unspecified atom stereocenters. The van der Waals surface area contributed by atoms with E-state index in [0.29, 0.717) is 17.3 Å². The van der Waals surface area contributed by atoms with Crippen LogP contribution in [0.5, 0.6) is 0 Å². The molecule has 8 nitrogen and oxygen atoms in total. The van der Waals surface area contributed by atoms with Gasteiger partial charge in [-0.1, -0.05) is 30.3 Å². The predicted molar refractivity (Wildman–Crippen MR) is 109 cm³/mol. The van der Waals surface area contributed by atoms with Crippen LogP contribution in [0.15, 0.2) is 62.7 Å². The van der Waals surface area contributed by atoms with Gasteiger partial charge in [-0.15, -0.1) is 0 Å². The van der Waals surface area contributed by atoms with E-state index in [2.05, 4.69) is 15.9 Å². The van der Waals surface area contributed by atoms with Gasteiger partial charge in [0.1, 0.15) is 5.82 Å². The average Bonchev–Trinajstić information content (AvgIpc) is 3.31. The zero-order valence-electron chi connectivity index (χ0n) is 15.2. The van der Waals surface area contributed by atoms with Crippen molar-refractivity contribution in [3.8, 4) is 0 Å². The molecular weight excluding hydrogens is 428 g/mol. The van der Waals surface area contributed by atoms with Crippen molar-refractivity contribution in [2.75, 3.05) is 16.8 Å². The Balaban J connectivity index is 1.88. The van der Waals surface area contributed by atoms with Gasteiger partial charge in [-0.25, -0.2) is 4.79 Å². The number of carbonyl (C=O) groups is 1. The third-order valence-corrected chi connectivity index (χ3v) is 5.77. The van der Waals surface area contributed by atoms with Crippen LogP contribution < -0.4 is 21.0 Å². The summed E-state index contributed by atoms with van der Waals surface area (Å²) in [7, 11) is 3.34. The van der Waals surface area contributed by atoms with E-state index in [4.69, 9.17) is 4.42 Å². The fourth-order valence-corrected chi connectivity index (χ4v) is 3.96. The van der Waals surface area contributed by atoms with Crippen molar-refractivity contribution in [2.24, 2.45) is 7.05 Å². The van der Waals surface area contributed by atoms with Crippen LogP contribution in [0.1, 0.15) is 10.4 Å². The van der Waals surface area contributed by atoms with E-state index in [9.17, 15) is 14.4 Å². The molecule has 0 bridgehead atoms. The Bertz CT molecular complexity index is 1150. The van der Waals surface area contributed by atoms with E-state index in [0.717, 1.165) is 4.57 Å². The summed E-state index contributed by atoms with van der Waals surface area (Å²) in [6, 6.07) is 12.0. The number of nitrogens with zero attached hydrogens (tertiary/aromatic N) is 4. The minimum Gasteiger partial charge on any atom is -0.448 e. The fourth-order valence-electron chi connectivity index (χ4n) is 3.36. The largest absolute Gasteiger partial charge is 0.448 e. The summed E-state index contributed by atoms with van der Waals surface area (Å²) < 4.78 is 7.80. The lowest BCUT2D eigenvalue weighted by Crippen LogP contribution is -2.42. The molecular formula is C19H17BrN4O4. The van der Waals surface area contributed by atoms with Gasteiger partial charge >= 0.3 is 5.69 Å². The number of alkyl halides is 1. The van der Waals surface area contributed by atoms with Crippen molar-refractivity contribution in [1.29, 1.82) is 0 Å². The van der Waals surface area contributed by atoms with Gasteiger partial charge in [-0.3, -0.25) is 23.6 Å². The SMILES string of the molecule is CN1c2c(c(=O)n(CC(=O)c3ccccc3)c(=O)n2C)N(c2ccco2)C1Br. The molecule has 2 aromatic heterocycles. The van der Waals surface area contributed by atoms with Crippen molar-refractivity contribution in [1.82, 2.24) is 9.13 Å². The molecule has 1 atom stereocenters. The molecule has 28 heavy (non-hydrogen) atoms. The summed E-state index contributed by atoms with van der Waals surface area (Å²) in [5, 5.41) is -0.423. The highest BCUT2D eigenvalue weighted by Crippen LogP contribution is 2.42. The van der Waals surface area contributed by atoms with Crippen molar-refractivity contribution < 1.29 is 9.21 Å². The van der Waals surface area contributed by atoms with Crippen LogP contribution in [0.2, 0.25) is 0 Å². The second-order valence-corrected chi connectivity index (χ2v) is 7.26. The molecule has 0 N–H and O–H groups in total. The number of rotatable bonds is 4. The lowest BCUT2D eigenvalue weighted by molar-refractivity contribution is 0.0969. The molecule has 0 radical (unpaired) electrons. The molecule has 9 heteroatoms. The number of anilines is 3. The standard InChI is InChI=1S/C19H17BrN4O4/c1-21-16-15(24(18(21)20)14-9-6-10-28-14)17(26)23(19(27)22(16)2)11-13(25)12-7-4-3-5-8-12/h3-10,18H,11H2,1-2H3. The van der Waals surface area contributed by atoms with Crippen LogP contribution in [0.25, 0.3) is 0 Å². The Morgan fingerprint density at radius 1 is 1.11 bits per heavy atom. The van der Waals surface area contributed by atoms with E-state index in [-0.39, 0.29) is 18.0 Å². The first-order valence-corrected chi connectivity index (χ1v) is 9.45. The first-order valence-electron chi connectivity index (χ1n) is 8.53. The molecule has 144 valence electrons. The van der Waals surface area contributed by atoms with Crippen LogP contribution in [0.3, 0.4) is 0 Å². The van der Waals surface area contributed by atoms with E-state index >= 15 is 0 Å². The first-order chi connectivity index (χ1) is 13.4. The zero-order valence-corrected chi connectivity index (χ0v) is 16.8. The smallest absolute Gasteiger partial charge is 0.332 e. The number of halogens is 1. The first kappa shape index (κ1) is 18.3. The predicted octanol–water partition coefficient (Wildman–Crippen LogP) is 2.29. The molecule has 0 saturated carbocycles. The lowest BCUT2D eigenvalue weighted by atomic mass is 10.1. The molecule has 0 amide bonds. The van der Waals surface area contributed by atoms with Gasteiger partial charge in [0.05, 0.1) is 12.8 Å². The number of benzene rings is 1. The van der Waals surface area contributed by atoms with Gasteiger partial charge in [-0.05, 0) is 22.0 Å². The highest BCUT2D eigenvalue weighted by Gasteiger charge is 2.40. The Morgan fingerprint density at radius 2 is 1.82 bits per heavy atom. The van der Waals surface area contributed by atoms with Crippen LogP contribution in [0.4, 0.5) is 17.4 Å². The minimum atomic E-state index is -0.555. The van der Waals surface area contributed by atoms with Crippen molar-refractivity contribution in [2.45, 2.75) is 11.6 Å². The summed E-state index contributed by atoms with van der Waals surface area (Å²) in [6.45, 7) is -0.342. The Kier molecular flexibility index (Phi) is 4.46. The van der Waals surface area contributed by atoms with Crippen LogP contribution in [-0.2, 0) is 13.6 Å². The van der Waals surface area contributed by atoms with Crippen LogP contribution in [0, 0.1) is 0 Å². The monoisotopic (exact) mass is 444 g/mol. The Morgan fingerprint density at radius 3 is 2.46 bits per heavy atom. The van der Waals surface area contributed by atoms with Gasteiger partial charge in [0.25, 0.3) is 5.56 Å². The number of Topliss-reactive ketones (excluding diaryl/α,β-unsaturated/α-hetero) is 1. The van der Waals surface area contributed by atoms with Crippen LogP contribution in [-0.4, -0.2) is 27.0 Å². The molecule has 0 saturated heterocycles. The molecule has 1 aromatic carbocycles.